The zero-order valence-corrected chi connectivity index (χ0v) is 12.9. The molecule has 1 aromatic heterocycles. The third-order valence-corrected chi connectivity index (χ3v) is 4.07. The molecule has 0 fully saturated rings. The van der Waals surface area contributed by atoms with Gasteiger partial charge in [0.1, 0.15) is 11.3 Å². The predicted octanol–water partition coefficient (Wildman–Crippen LogP) is 5.42. The minimum atomic E-state index is 0.397. The van der Waals surface area contributed by atoms with Crippen molar-refractivity contribution in [3.63, 3.8) is 0 Å². The maximum Gasteiger partial charge on any atom is 0.135 e. The second-order valence-corrected chi connectivity index (χ2v) is 5.60. The van der Waals surface area contributed by atoms with E-state index in [9.17, 15) is 0 Å². The van der Waals surface area contributed by atoms with Crippen molar-refractivity contribution in [3.05, 3.63) is 59.1 Å². The van der Waals surface area contributed by atoms with Crippen molar-refractivity contribution >= 4 is 22.6 Å². The van der Waals surface area contributed by atoms with E-state index >= 15 is 0 Å². The Hall–Kier alpha value is -1.77. The van der Waals surface area contributed by atoms with Crippen molar-refractivity contribution in [1.29, 1.82) is 0 Å². The van der Waals surface area contributed by atoms with Crippen LogP contribution in [0.2, 0.25) is 5.02 Å². The summed E-state index contributed by atoms with van der Waals surface area (Å²) < 4.78 is 5.89. The van der Waals surface area contributed by atoms with E-state index in [2.05, 4.69) is 36.5 Å². The summed E-state index contributed by atoms with van der Waals surface area (Å²) >= 11 is 6.01. The van der Waals surface area contributed by atoms with E-state index in [4.69, 9.17) is 16.0 Å². The van der Waals surface area contributed by atoms with E-state index in [0.717, 1.165) is 33.7 Å². The van der Waals surface area contributed by atoms with E-state index in [1.54, 1.807) is 0 Å². The van der Waals surface area contributed by atoms with E-state index in [1.807, 2.05) is 31.3 Å². The van der Waals surface area contributed by atoms with Gasteiger partial charge in [-0.25, -0.2) is 0 Å². The van der Waals surface area contributed by atoms with Gasteiger partial charge in [0.05, 0.1) is 0 Å². The smallest absolute Gasteiger partial charge is 0.135 e. The first kappa shape index (κ1) is 14.2. The molecule has 1 atom stereocenters. The number of furan rings is 1. The summed E-state index contributed by atoms with van der Waals surface area (Å²) in [7, 11) is 1.99. The molecule has 0 saturated heterocycles. The molecule has 0 aliphatic heterocycles. The van der Waals surface area contributed by atoms with Crippen LogP contribution in [0.3, 0.4) is 0 Å². The van der Waals surface area contributed by atoms with Gasteiger partial charge in [0.2, 0.25) is 0 Å². The third-order valence-electron chi connectivity index (χ3n) is 3.83. The zero-order valence-electron chi connectivity index (χ0n) is 12.2. The van der Waals surface area contributed by atoms with Crippen LogP contribution >= 0.6 is 11.6 Å². The van der Waals surface area contributed by atoms with E-state index < -0.39 is 0 Å². The summed E-state index contributed by atoms with van der Waals surface area (Å²) in [5.74, 6) is 0.872. The number of halogens is 1. The third kappa shape index (κ3) is 2.82. The Morgan fingerprint density at radius 2 is 1.86 bits per heavy atom. The summed E-state index contributed by atoms with van der Waals surface area (Å²) in [6.07, 6.45) is 1.07. The first-order chi connectivity index (χ1) is 10.2. The minimum Gasteiger partial charge on any atom is -0.456 e. The molecule has 3 heteroatoms. The van der Waals surface area contributed by atoms with Crippen molar-refractivity contribution in [2.75, 3.05) is 7.05 Å². The number of benzene rings is 2. The van der Waals surface area contributed by atoms with E-state index in [-0.39, 0.29) is 0 Å². The van der Waals surface area contributed by atoms with Crippen LogP contribution in [-0.4, -0.2) is 7.05 Å². The molecule has 108 valence electrons. The van der Waals surface area contributed by atoms with Crippen molar-refractivity contribution in [1.82, 2.24) is 5.32 Å². The van der Waals surface area contributed by atoms with Crippen LogP contribution in [0, 0.1) is 0 Å². The normalized spacial score (nSPS) is 12.7. The largest absolute Gasteiger partial charge is 0.456 e. The van der Waals surface area contributed by atoms with Crippen LogP contribution in [0.1, 0.15) is 24.9 Å². The number of rotatable bonds is 4. The Balaban J connectivity index is 1.95. The van der Waals surface area contributed by atoms with Crippen LogP contribution in [0.5, 0.6) is 0 Å². The molecule has 0 aliphatic rings. The Morgan fingerprint density at radius 1 is 1.10 bits per heavy atom. The van der Waals surface area contributed by atoms with Crippen LogP contribution in [-0.2, 0) is 0 Å². The highest BCUT2D eigenvalue weighted by Gasteiger charge is 2.09. The quantitative estimate of drug-likeness (QED) is 0.695. The van der Waals surface area contributed by atoms with Gasteiger partial charge in [-0.15, -0.1) is 0 Å². The van der Waals surface area contributed by atoms with Gasteiger partial charge in [-0.05, 0) is 43.3 Å². The number of hydrogen-bond donors (Lipinski definition) is 1. The first-order valence-electron chi connectivity index (χ1n) is 7.18. The van der Waals surface area contributed by atoms with Gasteiger partial charge in [0.25, 0.3) is 0 Å². The summed E-state index contributed by atoms with van der Waals surface area (Å²) in [6, 6.07) is 16.6. The second-order valence-electron chi connectivity index (χ2n) is 5.16. The molecule has 1 unspecified atom stereocenters. The molecule has 2 nitrogen and oxygen atoms in total. The molecule has 3 aromatic rings. The maximum absolute atomic E-state index is 6.01. The number of nitrogens with one attached hydrogen (secondary N) is 1. The second kappa shape index (κ2) is 5.92. The first-order valence-corrected chi connectivity index (χ1v) is 7.55. The average molecular weight is 300 g/mol. The summed E-state index contributed by atoms with van der Waals surface area (Å²) in [5.41, 5.74) is 3.24. The molecular weight excluding hydrogens is 282 g/mol. The molecule has 0 saturated carbocycles. The van der Waals surface area contributed by atoms with Crippen LogP contribution < -0.4 is 5.32 Å². The molecule has 21 heavy (non-hydrogen) atoms. The average Bonchev–Trinajstić information content (AvgIpc) is 2.92. The van der Waals surface area contributed by atoms with Crippen molar-refractivity contribution in [2.45, 2.75) is 19.4 Å². The highest BCUT2D eigenvalue weighted by molar-refractivity contribution is 6.31. The molecule has 2 aromatic carbocycles. The van der Waals surface area contributed by atoms with E-state index in [1.165, 1.54) is 5.56 Å². The van der Waals surface area contributed by atoms with Crippen molar-refractivity contribution in [2.24, 2.45) is 0 Å². The Bertz CT molecular complexity index is 742. The van der Waals surface area contributed by atoms with E-state index in [0.29, 0.717) is 6.04 Å². The molecule has 0 bridgehead atoms. The predicted molar refractivity (Wildman–Crippen MR) is 88.8 cm³/mol. The van der Waals surface area contributed by atoms with Crippen molar-refractivity contribution < 1.29 is 4.42 Å². The lowest BCUT2D eigenvalue weighted by Gasteiger charge is -2.14. The highest BCUT2D eigenvalue weighted by atomic mass is 35.5. The van der Waals surface area contributed by atoms with Gasteiger partial charge < -0.3 is 9.73 Å². The molecule has 0 spiro atoms. The van der Waals surface area contributed by atoms with Gasteiger partial charge in [-0.2, -0.15) is 0 Å². The maximum atomic E-state index is 6.01. The van der Waals surface area contributed by atoms with Crippen molar-refractivity contribution in [3.8, 4) is 11.3 Å². The fraction of sp³-hybridized carbons (Fsp3) is 0.222. The van der Waals surface area contributed by atoms with Gasteiger partial charge >= 0.3 is 0 Å². The minimum absolute atomic E-state index is 0.397. The monoisotopic (exact) mass is 299 g/mol. The van der Waals surface area contributed by atoms with Crippen LogP contribution in [0.25, 0.3) is 22.3 Å². The molecule has 1 heterocycles. The fourth-order valence-corrected chi connectivity index (χ4v) is 2.82. The standard InChI is InChI=1S/C18H18ClNO/c1-3-16(20-2)12-4-6-13(7-5-12)18-11-14-10-15(19)8-9-17(14)21-18/h4-11,16,20H,3H2,1-2H3. The highest BCUT2D eigenvalue weighted by Crippen LogP contribution is 2.30. The molecule has 0 aliphatic carbocycles. The van der Waals surface area contributed by atoms with Gasteiger partial charge in [-0.1, -0.05) is 42.8 Å². The van der Waals surface area contributed by atoms with Crippen LogP contribution in [0.4, 0.5) is 0 Å². The summed E-state index contributed by atoms with van der Waals surface area (Å²) in [4.78, 5) is 0. The van der Waals surface area contributed by atoms with Gasteiger partial charge in [0, 0.05) is 22.0 Å². The Labute approximate surface area is 129 Å². The van der Waals surface area contributed by atoms with Gasteiger partial charge in [-0.3, -0.25) is 0 Å². The van der Waals surface area contributed by atoms with Gasteiger partial charge in [0.15, 0.2) is 0 Å². The molecule has 3 rings (SSSR count). The Kier molecular flexibility index (Phi) is 4.00. The molecule has 0 radical (unpaired) electrons. The lowest BCUT2D eigenvalue weighted by molar-refractivity contribution is 0.577. The number of fused-ring (bicyclic) bond motifs is 1. The summed E-state index contributed by atoms with van der Waals surface area (Å²) in [6.45, 7) is 2.18. The lowest BCUT2D eigenvalue weighted by Crippen LogP contribution is -2.14. The molecule has 1 N–H and O–H groups in total. The summed E-state index contributed by atoms with van der Waals surface area (Å²) in [5, 5.41) is 5.07. The molecule has 0 amide bonds. The molecular formula is C18H18ClNO. The SMILES string of the molecule is CCC(NC)c1ccc(-c2cc3cc(Cl)ccc3o2)cc1. The topological polar surface area (TPSA) is 25.2 Å². The lowest BCUT2D eigenvalue weighted by atomic mass is 10.0. The number of hydrogen-bond acceptors (Lipinski definition) is 2. The van der Waals surface area contributed by atoms with Crippen LogP contribution in [0.15, 0.2) is 52.9 Å². The fourth-order valence-electron chi connectivity index (χ4n) is 2.64. The Morgan fingerprint density at radius 3 is 2.52 bits per heavy atom. The zero-order chi connectivity index (χ0) is 14.8.